The maximum Gasteiger partial charge on any atom is 0.155 e. The largest absolute Gasteiger partial charge is 0.370 e. The molecule has 3 rings (SSSR count). The van der Waals surface area contributed by atoms with Gasteiger partial charge in [0.05, 0.1) is 0 Å². The minimum Gasteiger partial charge on any atom is -0.370 e. The van der Waals surface area contributed by atoms with Crippen molar-refractivity contribution < 1.29 is 4.79 Å². The quantitative estimate of drug-likeness (QED) is 0.557. The maximum absolute atomic E-state index is 12.0. The molecule has 142 valence electrons. The number of ketones is 1. The Hall–Kier alpha value is -2.56. The molecule has 0 spiro atoms. The third kappa shape index (κ3) is 5.71. The molecule has 0 aliphatic carbocycles. The first-order valence-corrected chi connectivity index (χ1v) is 9.87. The van der Waals surface area contributed by atoms with Crippen molar-refractivity contribution in [2.75, 3.05) is 11.9 Å². The van der Waals surface area contributed by atoms with Crippen LogP contribution in [0.5, 0.6) is 0 Å². The summed E-state index contributed by atoms with van der Waals surface area (Å²) in [5.41, 5.74) is 3.28. The van der Waals surface area contributed by atoms with E-state index in [1.165, 1.54) is 12.0 Å². The van der Waals surface area contributed by atoms with Gasteiger partial charge >= 0.3 is 0 Å². The first kappa shape index (κ1) is 19.2. The van der Waals surface area contributed by atoms with Gasteiger partial charge in [-0.2, -0.15) is 0 Å². The summed E-state index contributed by atoms with van der Waals surface area (Å²) in [5, 5.41) is 3.37. The molecule has 1 aliphatic rings. The number of carbonyl (C=O) groups excluding carboxylic acids is 1. The van der Waals surface area contributed by atoms with E-state index in [-0.39, 0.29) is 5.78 Å². The van der Waals surface area contributed by atoms with Crippen LogP contribution in [0.3, 0.4) is 0 Å². The molecule has 1 N–H and O–H groups in total. The zero-order valence-corrected chi connectivity index (χ0v) is 16.2. The van der Waals surface area contributed by atoms with E-state index in [0.717, 1.165) is 55.1 Å². The Morgan fingerprint density at radius 3 is 2.81 bits per heavy atom. The summed E-state index contributed by atoms with van der Waals surface area (Å²) in [5.74, 6) is 2.32. The minimum absolute atomic E-state index is 0.142. The molecule has 2 aromatic rings. The Bertz CT molecular complexity index is 796. The number of carbonyl (C=O) groups is 1. The van der Waals surface area contributed by atoms with E-state index in [1.54, 1.807) is 24.5 Å². The van der Waals surface area contributed by atoms with Crippen LogP contribution in [0.1, 0.15) is 68.1 Å². The predicted molar refractivity (Wildman–Crippen MR) is 109 cm³/mol. The molecule has 0 radical (unpaired) electrons. The van der Waals surface area contributed by atoms with Gasteiger partial charge in [0.15, 0.2) is 5.78 Å². The molecule has 0 bridgehead atoms. The van der Waals surface area contributed by atoms with E-state index in [2.05, 4.69) is 41.3 Å². The average molecular weight is 364 g/mol. The fraction of sp³-hybridized carbons (Fsp3) is 0.455. The van der Waals surface area contributed by atoms with Crippen molar-refractivity contribution in [3.05, 3.63) is 53.2 Å². The highest BCUT2D eigenvalue weighted by atomic mass is 16.1. The van der Waals surface area contributed by atoms with E-state index < -0.39 is 0 Å². The summed E-state index contributed by atoms with van der Waals surface area (Å²) in [6, 6.07) is 4.30. The Kier molecular flexibility index (Phi) is 6.69. The lowest BCUT2D eigenvalue weighted by Crippen LogP contribution is -2.14. The number of nitrogens with zero attached hydrogens (tertiary/aromatic N) is 3. The molecule has 0 saturated heterocycles. The Morgan fingerprint density at radius 1 is 1.22 bits per heavy atom. The molecule has 5 heteroatoms. The maximum atomic E-state index is 12.0. The van der Waals surface area contributed by atoms with Crippen molar-refractivity contribution in [1.82, 2.24) is 15.0 Å². The lowest BCUT2D eigenvalue weighted by atomic mass is 10.0. The van der Waals surface area contributed by atoms with E-state index in [9.17, 15) is 4.79 Å². The molecule has 0 fully saturated rings. The molecule has 0 unspecified atom stereocenters. The van der Waals surface area contributed by atoms with E-state index in [1.807, 2.05) is 0 Å². The minimum atomic E-state index is 0.142. The topological polar surface area (TPSA) is 67.8 Å². The molecule has 3 heterocycles. The number of unbranched alkanes of at least 4 members (excludes halogenated alkanes) is 1. The van der Waals surface area contributed by atoms with Crippen LogP contribution in [0.2, 0.25) is 0 Å². The summed E-state index contributed by atoms with van der Waals surface area (Å²) < 4.78 is 0. The van der Waals surface area contributed by atoms with Gasteiger partial charge in [-0.15, -0.1) is 0 Å². The Labute approximate surface area is 161 Å². The molecule has 1 aliphatic heterocycles. The molecular formula is C22H28N4O. The second-order valence-corrected chi connectivity index (χ2v) is 7.38. The molecular weight excluding hydrogens is 336 g/mol. The van der Waals surface area contributed by atoms with Gasteiger partial charge < -0.3 is 5.32 Å². The van der Waals surface area contributed by atoms with E-state index >= 15 is 0 Å². The fourth-order valence-electron chi connectivity index (χ4n) is 3.12. The highest BCUT2D eigenvalue weighted by molar-refractivity contribution is 5.93. The third-order valence-corrected chi connectivity index (χ3v) is 4.73. The van der Waals surface area contributed by atoms with Gasteiger partial charge in [0.25, 0.3) is 0 Å². The SMILES string of the molecule is CC(C)c1ncc(/C=C/C(=O)CCCCc2ccc3c(n2)NCCC3)cn1. The van der Waals surface area contributed by atoms with Crippen molar-refractivity contribution >= 4 is 17.7 Å². The molecule has 2 aromatic heterocycles. The van der Waals surface area contributed by atoms with Crippen molar-refractivity contribution in [3.8, 4) is 0 Å². The van der Waals surface area contributed by atoms with Crippen LogP contribution < -0.4 is 5.32 Å². The molecule has 0 amide bonds. The summed E-state index contributed by atoms with van der Waals surface area (Å²) in [7, 11) is 0. The zero-order valence-electron chi connectivity index (χ0n) is 16.2. The number of hydrogen-bond acceptors (Lipinski definition) is 5. The number of hydrogen-bond donors (Lipinski definition) is 1. The predicted octanol–water partition coefficient (Wildman–Crippen LogP) is 4.35. The third-order valence-electron chi connectivity index (χ3n) is 4.73. The van der Waals surface area contributed by atoms with Crippen LogP contribution in [-0.4, -0.2) is 27.3 Å². The van der Waals surface area contributed by atoms with Crippen molar-refractivity contribution in [2.24, 2.45) is 0 Å². The summed E-state index contributed by atoms with van der Waals surface area (Å²) >= 11 is 0. The monoisotopic (exact) mass is 364 g/mol. The van der Waals surface area contributed by atoms with Crippen LogP contribution >= 0.6 is 0 Å². The summed E-state index contributed by atoms with van der Waals surface area (Å²) in [6.07, 6.45) is 12.6. The van der Waals surface area contributed by atoms with Crippen LogP contribution in [-0.2, 0) is 17.6 Å². The van der Waals surface area contributed by atoms with E-state index in [4.69, 9.17) is 4.98 Å². The number of pyridine rings is 1. The highest BCUT2D eigenvalue weighted by Gasteiger charge is 2.10. The van der Waals surface area contributed by atoms with Crippen LogP contribution in [0.15, 0.2) is 30.6 Å². The smallest absolute Gasteiger partial charge is 0.155 e. The molecule has 5 nitrogen and oxygen atoms in total. The number of rotatable bonds is 8. The van der Waals surface area contributed by atoms with Gasteiger partial charge in [-0.05, 0) is 55.9 Å². The number of nitrogens with one attached hydrogen (secondary N) is 1. The van der Waals surface area contributed by atoms with E-state index in [0.29, 0.717) is 12.3 Å². The van der Waals surface area contributed by atoms with Crippen LogP contribution in [0.25, 0.3) is 6.08 Å². The normalized spacial score (nSPS) is 13.6. The zero-order chi connectivity index (χ0) is 19.1. The van der Waals surface area contributed by atoms with Gasteiger partial charge in [-0.25, -0.2) is 15.0 Å². The lowest BCUT2D eigenvalue weighted by molar-refractivity contribution is -0.114. The fourth-order valence-corrected chi connectivity index (χ4v) is 3.12. The standard InChI is InChI=1S/C22H28N4O/c1-16(2)21-24-14-17(15-25-21)9-12-20(27)8-4-3-7-19-11-10-18-6-5-13-23-22(18)26-19/h9-12,14-16H,3-8,13H2,1-2H3,(H,23,26)/b12-9+. The number of aromatic nitrogens is 3. The Balaban J connectivity index is 1.40. The number of anilines is 1. The van der Waals surface area contributed by atoms with Gasteiger partial charge in [0, 0.05) is 42.5 Å². The Morgan fingerprint density at radius 2 is 2.04 bits per heavy atom. The number of allylic oxidation sites excluding steroid dienone is 1. The summed E-state index contributed by atoms with van der Waals surface area (Å²) in [6.45, 7) is 5.13. The molecule has 0 atom stereocenters. The van der Waals surface area contributed by atoms with Gasteiger partial charge in [0.2, 0.25) is 0 Å². The summed E-state index contributed by atoms with van der Waals surface area (Å²) in [4.78, 5) is 25.4. The second-order valence-electron chi connectivity index (χ2n) is 7.38. The van der Waals surface area contributed by atoms with Crippen LogP contribution in [0.4, 0.5) is 5.82 Å². The second kappa shape index (κ2) is 9.40. The average Bonchev–Trinajstić information content (AvgIpc) is 2.70. The van der Waals surface area contributed by atoms with Gasteiger partial charge in [0.1, 0.15) is 11.6 Å². The first-order chi connectivity index (χ1) is 13.1. The number of fused-ring (bicyclic) bond motifs is 1. The van der Waals surface area contributed by atoms with Gasteiger partial charge in [-0.3, -0.25) is 4.79 Å². The molecule has 0 saturated carbocycles. The number of aryl methyl sites for hydroxylation is 2. The van der Waals surface area contributed by atoms with Crippen molar-refractivity contribution in [2.45, 2.75) is 58.3 Å². The van der Waals surface area contributed by atoms with Crippen molar-refractivity contribution in [1.29, 1.82) is 0 Å². The van der Waals surface area contributed by atoms with Crippen molar-refractivity contribution in [3.63, 3.8) is 0 Å². The highest BCUT2D eigenvalue weighted by Crippen LogP contribution is 2.20. The molecule has 0 aromatic carbocycles. The van der Waals surface area contributed by atoms with Gasteiger partial charge in [-0.1, -0.05) is 19.9 Å². The molecule has 27 heavy (non-hydrogen) atoms. The first-order valence-electron chi connectivity index (χ1n) is 9.87. The van der Waals surface area contributed by atoms with Crippen LogP contribution in [0, 0.1) is 0 Å². The lowest BCUT2D eigenvalue weighted by Gasteiger charge is -2.17.